The number of aliphatic hydroxyl groups excluding tert-OH is 1. The molecule has 0 aromatic heterocycles. The maximum Gasteiger partial charge on any atom is 0.242 e. The third kappa shape index (κ3) is 2.92. The summed E-state index contributed by atoms with van der Waals surface area (Å²) in [6, 6.07) is 0. The fourth-order valence-electron chi connectivity index (χ4n) is 3.63. The summed E-state index contributed by atoms with van der Waals surface area (Å²) in [5.74, 6) is 0.00380. The fourth-order valence-corrected chi connectivity index (χ4v) is 3.63. The van der Waals surface area contributed by atoms with Gasteiger partial charge in [-0.3, -0.25) is 9.59 Å². The highest BCUT2D eigenvalue weighted by atomic mass is 16.5. The molecule has 3 aliphatic heterocycles. The first-order valence-corrected chi connectivity index (χ1v) is 7.98. The third-order valence-electron chi connectivity index (χ3n) is 4.94. The molecule has 0 aromatic rings. The van der Waals surface area contributed by atoms with Gasteiger partial charge in [-0.1, -0.05) is 6.42 Å². The first-order valence-electron chi connectivity index (χ1n) is 7.98. The van der Waals surface area contributed by atoms with Crippen LogP contribution in [-0.4, -0.2) is 71.2 Å². The zero-order valence-corrected chi connectivity index (χ0v) is 12.4. The SMILES string of the molecule is O=C1CCCCCN1CC(=O)N1C[C@H](O)[C@]2(CCCO2)C1. The standard InChI is InChI=1S/C15H24N2O4/c18-12-9-17(11-15(12)6-4-8-21-15)14(20)10-16-7-3-1-2-5-13(16)19/h12,18H,1-11H2/t12-,15-/m0/s1. The highest BCUT2D eigenvalue weighted by molar-refractivity contribution is 5.85. The molecule has 118 valence electrons. The van der Waals surface area contributed by atoms with E-state index in [0.29, 0.717) is 32.7 Å². The monoisotopic (exact) mass is 296 g/mol. The van der Waals surface area contributed by atoms with E-state index in [1.807, 2.05) is 0 Å². The molecule has 6 heteroatoms. The molecule has 3 rings (SSSR count). The number of carbonyl (C=O) groups excluding carboxylic acids is 2. The first kappa shape index (κ1) is 14.8. The van der Waals surface area contributed by atoms with E-state index >= 15 is 0 Å². The third-order valence-corrected chi connectivity index (χ3v) is 4.94. The highest BCUT2D eigenvalue weighted by Gasteiger charge is 2.50. The van der Waals surface area contributed by atoms with Crippen molar-refractivity contribution >= 4 is 11.8 Å². The lowest BCUT2D eigenvalue weighted by Gasteiger charge is -2.26. The summed E-state index contributed by atoms with van der Waals surface area (Å²) < 4.78 is 5.70. The van der Waals surface area contributed by atoms with Crippen LogP contribution in [0.25, 0.3) is 0 Å². The summed E-state index contributed by atoms with van der Waals surface area (Å²) in [4.78, 5) is 27.7. The molecule has 21 heavy (non-hydrogen) atoms. The van der Waals surface area contributed by atoms with Crippen LogP contribution in [-0.2, 0) is 14.3 Å². The Balaban J connectivity index is 1.59. The number of ether oxygens (including phenoxy) is 1. The Morgan fingerprint density at radius 3 is 2.95 bits per heavy atom. The van der Waals surface area contributed by atoms with E-state index in [1.165, 1.54) is 0 Å². The molecule has 3 fully saturated rings. The summed E-state index contributed by atoms with van der Waals surface area (Å²) in [5.41, 5.74) is -0.557. The number of β-amino-alcohol motifs (C(OH)–C–C–N with tert-alkyl or cyclic N) is 1. The van der Waals surface area contributed by atoms with Gasteiger partial charge in [0.1, 0.15) is 11.7 Å². The van der Waals surface area contributed by atoms with Gasteiger partial charge < -0.3 is 19.6 Å². The number of hydrogen-bond acceptors (Lipinski definition) is 4. The average Bonchev–Trinajstić information content (AvgIpc) is 3.00. The van der Waals surface area contributed by atoms with Crippen LogP contribution in [0.1, 0.15) is 38.5 Å². The second kappa shape index (κ2) is 5.93. The summed E-state index contributed by atoms with van der Waals surface area (Å²) in [6.45, 7) is 2.24. The molecule has 0 aliphatic carbocycles. The van der Waals surface area contributed by atoms with E-state index in [-0.39, 0.29) is 18.4 Å². The zero-order chi connectivity index (χ0) is 14.9. The number of nitrogens with zero attached hydrogens (tertiary/aromatic N) is 2. The molecule has 0 bridgehead atoms. The van der Waals surface area contributed by atoms with Gasteiger partial charge >= 0.3 is 0 Å². The summed E-state index contributed by atoms with van der Waals surface area (Å²) in [7, 11) is 0. The van der Waals surface area contributed by atoms with Crippen LogP contribution in [0.5, 0.6) is 0 Å². The summed E-state index contributed by atoms with van der Waals surface area (Å²) in [5, 5.41) is 10.2. The molecule has 6 nitrogen and oxygen atoms in total. The summed E-state index contributed by atoms with van der Waals surface area (Å²) >= 11 is 0. The van der Waals surface area contributed by atoms with Crippen molar-refractivity contribution in [3.05, 3.63) is 0 Å². The van der Waals surface area contributed by atoms with Crippen LogP contribution in [0, 0.1) is 0 Å². The number of rotatable bonds is 2. The molecule has 2 amide bonds. The van der Waals surface area contributed by atoms with Gasteiger partial charge in [0.2, 0.25) is 11.8 Å². The Kier molecular flexibility index (Phi) is 4.17. The second-order valence-electron chi connectivity index (χ2n) is 6.43. The van der Waals surface area contributed by atoms with Crippen LogP contribution in [0.15, 0.2) is 0 Å². The Labute approximate surface area is 125 Å². The van der Waals surface area contributed by atoms with Crippen molar-refractivity contribution in [3.8, 4) is 0 Å². The minimum atomic E-state index is -0.608. The van der Waals surface area contributed by atoms with Crippen LogP contribution < -0.4 is 0 Å². The minimum absolute atomic E-state index is 0.0725. The van der Waals surface area contributed by atoms with Crippen molar-refractivity contribution in [2.75, 3.05) is 32.8 Å². The molecule has 2 atom stereocenters. The quantitative estimate of drug-likeness (QED) is 0.787. The molecule has 3 aliphatic rings. The molecule has 1 spiro atoms. The van der Waals surface area contributed by atoms with Gasteiger partial charge in [-0.05, 0) is 25.7 Å². The predicted octanol–water partition coefficient (Wildman–Crippen LogP) is 0.141. The lowest BCUT2D eigenvalue weighted by molar-refractivity contribution is -0.140. The van der Waals surface area contributed by atoms with E-state index in [4.69, 9.17) is 4.74 Å². The Bertz CT molecular complexity index is 420. The molecule has 3 saturated heterocycles. The van der Waals surface area contributed by atoms with Crippen LogP contribution in [0.2, 0.25) is 0 Å². The number of likely N-dealkylation sites (tertiary alicyclic amines) is 2. The maximum absolute atomic E-state index is 12.4. The maximum atomic E-state index is 12.4. The lowest BCUT2D eigenvalue weighted by atomic mass is 9.97. The van der Waals surface area contributed by atoms with Crippen LogP contribution >= 0.6 is 0 Å². The largest absolute Gasteiger partial charge is 0.388 e. The molecular formula is C15H24N2O4. The summed E-state index contributed by atoms with van der Waals surface area (Å²) in [6.07, 6.45) is 4.62. The number of carbonyl (C=O) groups is 2. The average molecular weight is 296 g/mol. The first-order chi connectivity index (χ1) is 10.1. The second-order valence-corrected chi connectivity index (χ2v) is 6.43. The minimum Gasteiger partial charge on any atom is -0.388 e. The van der Waals surface area contributed by atoms with Crippen LogP contribution in [0.3, 0.4) is 0 Å². The topological polar surface area (TPSA) is 70.1 Å². The van der Waals surface area contributed by atoms with Gasteiger partial charge in [-0.25, -0.2) is 0 Å². The molecule has 0 unspecified atom stereocenters. The van der Waals surface area contributed by atoms with Crippen LogP contribution in [0.4, 0.5) is 0 Å². The molecule has 0 aromatic carbocycles. The number of aliphatic hydroxyl groups is 1. The lowest BCUT2D eigenvalue weighted by Crippen LogP contribution is -2.44. The Morgan fingerprint density at radius 2 is 2.19 bits per heavy atom. The van der Waals surface area contributed by atoms with Gasteiger partial charge in [0.25, 0.3) is 0 Å². The van der Waals surface area contributed by atoms with E-state index < -0.39 is 11.7 Å². The van der Waals surface area contributed by atoms with E-state index in [2.05, 4.69) is 0 Å². The van der Waals surface area contributed by atoms with Crippen molar-refractivity contribution in [3.63, 3.8) is 0 Å². The van der Waals surface area contributed by atoms with Crippen molar-refractivity contribution in [1.82, 2.24) is 9.80 Å². The molecule has 0 radical (unpaired) electrons. The molecular weight excluding hydrogens is 272 g/mol. The van der Waals surface area contributed by atoms with E-state index in [9.17, 15) is 14.7 Å². The van der Waals surface area contributed by atoms with Gasteiger partial charge in [-0.2, -0.15) is 0 Å². The highest BCUT2D eigenvalue weighted by Crippen LogP contribution is 2.35. The molecule has 1 N–H and O–H groups in total. The van der Waals surface area contributed by atoms with Gasteiger partial charge in [0, 0.05) is 26.1 Å². The Hall–Kier alpha value is -1.14. The normalized spacial score (nSPS) is 33.8. The van der Waals surface area contributed by atoms with Gasteiger partial charge in [0.15, 0.2) is 0 Å². The predicted molar refractivity (Wildman–Crippen MR) is 75.6 cm³/mol. The number of amides is 2. The van der Waals surface area contributed by atoms with E-state index in [1.54, 1.807) is 9.80 Å². The van der Waals surface area contributed by atoms with Crippen molar-refractivity contribution < 1.29 is 19.4 Å². The van der Waals surface area contributed by atoms with Crippen molar-refractivity contribution in [1.29, 1.82) is 0 Å². The Morgan fingerprint density at radius 1 is 1.33 bits per heavy atom. The van der Waals surface area contributed by atoms with Crippen molar-refractivity contribution in [2.45, 2.75) is 50.2 Å². The molecule has 3 heterocycles. The van der Waals surface area contributed by atoms with Gasteiger partial charge in [0.05, 0.1) is 13.1 Å². The van der Waals surface area contributed by atoms with Crippen molar-refractivity contribution in [2.24, 2.45) is 0 Å². The molecule has 0 saturated carbocycles. The zero-order valence-electron chi connectivity index (χ0n) is 12.4. The smallest absolute Gasteiger partial charge is 0.242 e. The van der Waals surface area contributed by atoms with E-state index in [0.717, 1.165) is 32.1 Å². The van der Waals surface area contributed by atoms with Gasteiger partial charge in [-0.15, -0.1) is 0 Å². The number of hydrogen-bond donors (Lipinski definition) is 1. The fraction of sp³-hybridized carbons (Fsp3) is 0.867.